The molecule has 0 aliphatic carbocycles. The Kier molecular flexibility index (Phi) is 8.13. The zero-order valence-electron chi connectivity index (χ0n) is 20.5. The number of unbranched alkanes of at least 4 members (excludes halogenated alkanes) is 1. The van der Waals surface area contributed by atoms with Crippen molar-refractivity contribution < 1.29 is 48.6 Å². The summed E-state index contributed by atoms with van der Waals surface area (Å²) in [6, 6.07) is 6.08. The second-order valence-electron chi connectivity index (χ2n) is 8.87. The number of benzene rings is 4. The van der Waals surface area contributed by atoms with Gasteiger partial charge in [-0.2, -0.15) is 8.78 Å². The Morgan fingerprint density at radius 2 is 1.18 bits per heavy atom. The molecule has 0 bridgehead atoms. The molecule has 0 radical (unpaired) electrons. The van der Waals surface area contributed by atoms with Crippen LogP contribution >= 0.6 is 0 Å². The van der Waals surface area contributed by atoms with Crippen LogP contribution in [0.3, 0.4) is 0 Å². The van der Waals surface area contributed by atoms with Gasteiger partial charge in [0.25, 0.3) is 0 Å². The third-order valence-electron chi connectivity index (χ3n) is 6.03. The van der Waals surface area contributed by atoms with Gasteiger partial charge in [-0.15, -0.1) is 0 Å². The van der Waals surface area contributed by atoms with Gasteiger partial charge in [-0.25, -0.2) is 35.1 Å². The van der Waals surface area contributed by atoms with Crippen LogP contribution in [-0.4, -0.2) is 0 Å². The van der Waals surface area contributed by atoms with Crippen molar-refractivity contribution in [3.8, 4) is 28.0 Å². The highest BCUT2D eigenvalue weighted by Gasteiger charge is 2.42. The second-order valence-corrected chi connectivity index (χ2v) is 8.87. The fourth-order valence-electron chi connectivity index (χ4n) is 4.12. The number of alkyl halides is 2. The molecule has 0 aliphatic heterocycles. The Bertz CT molecular complexity index is 1510. The van der Waals surface area contributed by atoms with Gasteiger partial charge in [0.1, 0.15) is 40.4 Å². The Morgan fingerprint density at radius 1 is 0.625 bits per heavy atom. The van der Waals surface area contributed by atoms with E-state index in [-0.39, 0.29) is 35.4 Å². The first kappa shape index (κ1) is 29.0. The minimum Gasteiger partial charge on any atom is -0.429 e. The smallest absolute Gasteiger partial charge is 0.429 e. The van der Waals surface area contributed by atoms with Crippen molar-refractivity contribution in [2.24, 2.45) is 0 Å². The monoisotopic (exact) mass is 572 g/mol. The molecule has 0 aromatic heterocycles. The Hall–Kier alpha value is -4.02. The van der Waals surface area contributed by atoms with E-state index in [0.29, 0.717) is 12.0 Å². The normalized spacial score (nSPS) is 11.7. The molecule has 0 atom stereocenters. The van der Waals surface area contributed by atoms with Gasteiger partial charge in [0.05, 0.1) is 5.56 Å². The average Bonchev–Trinajstić information content (AvgIpc) is 2.84. The lowest BCUT2D eigenvalue weighted by Crippen LogP contribution is -2.25. The van der Waals surface area contributed by atoms with Crippen molar-refractivity contribution in [3.63, 3.8) is 0 Å². The van der Waals surface area contributed by atoms with Crippen molar-refractivity contribution >= 4 is 0 Å². The van der Waals surface area contributed by atoms with Gasteiger partial charge in [-0.05, 0) is 59.9 Å². The van der Waals surface area contributed by atoms with Gasteiger partial charge >= 0.3 is 6.11 Å². The summed E-state index contributed by atoms with van der Waals surface area (Å²) >= 11 is 0. The molecule has 4 aromatic carbocycles. The summed E-state index contributed by atoms with van der Waals surface area (Å²) < 4.78 is 147. The molecule has 0 amide bonds. The van der Waals surface area contributed by atoms with Gasteiger partial charge in [-0.3, -0.25) is 0 Å². The van der Waals surface area contributed by atoms with E-state index in [1.807, 2.05) is 6.92 Å². The molecule has 0 saturated carbocycles. The van der Waals surface area contributed by atoms with Crippen LogP contribution in [0.1, 0.15) is 30.9 Å². The van der Waals surface area contributed by atoms with E-state index in [4.69, 9.17) is 0 Å². The van der Waals surface area contributed by atoms with Crippen molar-refractivity contribution in [1.29, 1.82) is 0 Å². The third kappa shape index (κ3) is 5.78. The van der Waals surface area contributed by atoms with Crippen LogP contribution in [0.2, 0.25) is 0 Å². The summed E-state index contributed by atoms with van der Waals surface area (Å²) in [5.41, 5.74) is -3.51. The zero-order valence-corrected chi connectivity index (χ0v) is 20.5. The molecule has 4 rings (SSSR count). The lowest BCUT2D eigenvalue weighted by Gasteiger charge is -2.20. The van der Waals surface area contributed by atoms with E-state index in [0.717, 1.165) is 25.0 Å². The molecule has 0 heterocycles. The summed E-state index contributed by atoms with van der Waals surface area (Å²) in [5, 5.41) is 0. The summed E-state index contributed by atoms with van der Waals surface area (Å²) in [6.45, 7) is 1.96. The van der Waals surface area contributed by atoms with Crippen LogP contribution in [0.15, 0.2) is 54.6 Å². The highest BCUT2D eigenvalue weighted by molar-refractivity contribution is 5.72. The number of ether oxygens (including phenoxy) is 1. The second kappa shape index (κ2) is 11.2. The number of aryl methyl sites for hydroxylation is 1. The van der Waals surface area contributed by atoms with Gasteiger partial charge in [-0.1, -0.05) is 25.5 Å². The SMILES string of the molecule is CCCCc1ccc(-c2cc(F)c(-c3cc(F)c(C(F)(F)Oc4cc(F)c(F)c(F)c4)c(F)c3)c(F)c2)c(F)c1. The molecule has 0 spiro atoms. The first-order valence-corrected chi connectivity index (χ1v) is 11.8. The Morgan fingerprint density at radius 3 is 1.70 bits per heavy atom. The third-order valence-corrected chi connectivity index (χ3v) is 6.03. The van der Waals surface area contributed by atoms with Crippen LogP contribution in [0.5, 0.6) is 5.75 Å². The first-order chi connectivity index (χ1) is 18.8. The molecular formula is C29H18F10O. The highest BCUT2D eigenvalue weighted by Crippen LogP contribution is 2.39. The molecule has 11 heteroatoms. The molecule has 40 heavy (non-hydrogen) atoms. The summed E-state index contributed by atoms with van der Waals surface area (Å²) in [4.78, 5) is 0. The summed E-state index contributed by atoms with van der Waals surface area (Å²) in [5.74, 6) is -14.6. The first-order valence-electron chi connectivity index (χ1n) is 11.8. The van der Waals surface area contributed by atoms with Gasteiger partial charge < -0.3 is 4.74 Å². The molecule has 1 nitrogen and oxygen atoms in total. The van der Waals surface area contributed by atoms with E-state index in [2.05, 4.69) is 4.74 Å². The van der Waals surface area contributed by atoms with Crippen molar-refractivity contribution in [3.05, 3.63) is 112 Å². The predicted molar refractivity (Wildman–Crippen MR) is 127 cm³/mol. The fraction of sp³-hybridized carbons (Fsp3) is 0.172. The molecule has 210 valence electrons. The lowest BCUT2D eigenvalue weighted by atomic mass is 9.96. The van der Waals surface area contributed by atoms with Gasteiger partial charge in [0.15, 0.2) is 17.5 Å². The molecule has 0 unspecified atom stereocenters. The van der Waals surface area contributed by atoms with E-state index >= 15 is 0 Å². The predicted octanol–water partition coefficient (Wildman–Crippen LogP) is 9.60. The topological polar surface area (TPSA) is 9.23 Å². The van der Waals surface area contributed by atoms with E-state index in [1.54, 1.807) is 6.07 Å². The fourth-order valence-corrected chi connectivity index (χ4v) is 4.12. The van der Waals surface area contributed by atoms with Crippen LogP contribution in [0.4, 0.5) is 43.9 Å². The van der Waals surface area contributed by atoms with E-state index in [9.17, 15) is 43.9 Å². The largest absolute Gasteiger partial charge is 0.432 e. The molecule has 0 N–H and O–H groups in total. The molecular weight excluding hydrogens is 554 g/mol. The minimum absolute atomic E-state index is 0.0321. The molecule has 0 aliphatic rings. The maximum Gasteiger partial charge on any atom is 0.432 e. The van der Waals surface area contributed by atoms with Crippen molar-refractivity contribution in [2.45, 2.75) is 32.3 Å². The maximum atomic E-state index is 15.0. The number of hydrogen-bond donors (Lipinski definition) is 0. The number of halogens is 10. The van der Waals surface area contributed by atoms with Crippen molar-refractivity contribution in [1.82, 2.24) is 0 Å². The quantitative estimate of drug-likeness (QED) is 0.151. The Labute approximate surface area is 221 Å². The summed E-state index contributed by atoms with van der Waals surface area (Å²) in [6.07, 6.45) is -2.60. The lowest BCUT2D eigenvalue weighted by molar-refractivity contribution is -0.189. The van der Waals surface area contributed by atoms with E-state index in [1.165, 1.54) is 12.1 Å². The number of rotatable bonds is 8. The van der Waals surface area contributed by atoms with Gasteiger partial charge in [0.2, 0.25) is 0 Å². The molecule has 4 aromatic rings. The number of hydrogen-bond acceptors (Lipinski definition) is 1. The maximum absolute atomic E-state index is 15.0. The Balaban J connectivity index is 1.68. The minimum atomic E-state index is -4.88. The van der Waals surface area contributed by atoms with Crippen LogP contribution < -0.4 is 4.74 Å². The van der Waals surface area contributed by atoms with Crippen LogP contribution in [0, 0.1) is 46.5 Å². The van der Waals surface area contributed by atoms with Gasteiger partial charge in [0, 0.05) is 17.7 Å². The zero-order chi connectivity index (χ0) is 29.4. The average molecular weight is 572 g/mol. The highest BCUT2D eigenvalue weighted by atomic mass is 19.3. The standard InChI is InChI=1S/C29H18F10O/c1-2-3-4-14-5-6-18(19(30)7-14)15-8-20(31)26(21(32)9-15)16-10-22(33)27(23(34)11-16)29(38,39)40-17-12-24(35)28(37)25(36)13-17/h5-13H,2-4H2,1H3. The van der Waals surface area contributed by atoms with Crippen LogP contribution in [-0.2, 0) is 12.5 Å². The molecule has 0 saturated heterocycles. The van der Waals surface area contributed by atoms with Crippen LogP contribution in [0.25, 0.3) is 22.3 Å². The van der Waals surface area contributed by atoms with Crippen molar-refractivity contribution in [2.75, 3.05) is 0 Å². The van der Waals surface area contributed by atoms with E-state index < -0.39 is 75.1 Å². The summed E-state index contributed by atoms with van der Waals surface area (Å²) in [7, 11) is 0. The molecule has 0 fully saturated rings.